The Kier molecular flexibility index (Phi) is 4.51. The van der Waals surface area contributed by atoms with E-state index in [0.717, 1.165) is 34.3 Å². The zero-order valence-electron chi connectivity index (χ0n) is 15.2. The van der Waals surface area contributed by atoms with Gasteiger partial charge in [0, 0.05) is 47.7 Å². The van der Waals surface area contributed by atoms with Crippen molar-refractivity contribution < 1.29 is 4.79 Å². The standard InChI is InChI=1S/C20H23N5O/c1-14-4-3-5-25(14)13-19(26)8-18-7-15-6-16(9-22-20(15)11-21-18)17-10-23-24(2)12-17/h6-7,9-12,14H,3-5,8,13H2,1-2H3/t14-/m0/s1. The van der Waals surface area contributed by atoms with E-state index in [1.54, 1.807) is 10.9 Å². The molecule has 6 heteroatoms. The van der Waals surface area contributed by atoms with Crippen molar-refractivity contribution in [1.82, 2.24) is 24.6 Å². The molecule has 0 aliphatic carbocycles. The maximum atomic E-state index is 12.4. The second-order valence-corrected chi connectivity index (χ2v) is 7.17. The number of rotatable bonds is 5. The van der Waals surface area contributed by atoms with Crippen molar-refractivity contribution in [2.75, 3.05) is 13.1 Å². The molecule has 4 heterocycles. The van der Waals surface area contributed by atoms with Gasteiger partial charge < -0.3 is 0 Å². The lowest BCUT2D eigenvalue weighted by molar-refractivity contribution is -0.119. The highest BCUT2D eigenvalue weighted by molar-refractivity contribution is 5.86. The molecule has 3 aromatic rings. The van der Waals surface area contributed by atoms with Crippen LogP contribution in [0.2, 0.25) is 0 Å². The molecule has 6 nitrogen and oxygen atoms in total. The van der Waals surface area contributed by atoms with Gasteiger partial charge in [-0.3, -0.25) is 24.3 Å². The fourth-order valence-electron chi connectivity index (χ4n) is 3.61. The predicted octanol–water partition coefficient (Wildman–Crippen LogP) is 2.63. The number of aryl methyl sites for hydroxylation is 1. The molecule has 0 radical (unpaired) electrons. The minimum Gasteiger partial charge on any atom is -0.298 e. The molecule has 0 bridgehead atoms. The molecule has 4 rings (SSSR count). The first kappa shape index (κ1) is 16.8. The maximum absolute atomic E-state index is 12.4. The van der Waals surface area contributed by atoms with Gasteiger partial charge in [-0.15, -0.1) is 0 Å². The van der Waals surface area contributed by atoms with Crippen LogP contribution in [-0.4, -0.2) is 49.6 Å². The third-order valence-corrected chi connectivity index (χ3v) is 5.11. The SMILES string of the molecule is C[C@H]1CCCN1CC(=O)Cc1cc2cc(-c3cnn(C)c3)cnc2cn1. The van der Waals surface area contributed by atoms with Crippen LogP contribution in [-0.2, 0) is 18.3 Å². The van der Waals surface area contributed by atoms with Crippen LogP contribution in [0.5, 0.6) is 0 Å². The Hall–Kier alpha value is -2.60. The van der Waals surface area contributed by atoms with E-state index in [1.165, 1.54) is 12.8 Å². The summed E-state index contributed by atoms with van der Waals surface area (Å²) in [4.78, 5) is 23.6. The first-order chi connectivity index (χ1) is 12.6. The second-order valence-electron chi connectivity index (χ2n) is 7.17. The summed E-state index contributed by atoms with van der Waals surface area (Å²) >= 11 is 0. The van der Waals surface area contributed by atoms with Gasteiger partial charge in [0.05, 0.1) is 30.9 Å². The molecular weight excluding hydrogens is 326 g/mol. The summed E-state index contributed by atoms with van der Waals surface area (Å²) in [6, 6.07) is 4.57. The van der Waals surface area contributed by atoms with Gasteiger partial charge in [0.2, 0.25) is 0 Å². The molecule has 0 saturated carbocycles. The van der Waals surface area contributed by atoms with Gasteiger partial charge in [0.1, 0.15) is 0 Å². The fraction of sp³-hybridized carbons (Fsp3) is 0.400. The molecule has 0 unspecified atom stereocenters. The number of Topliss-reactive ketones (excluding diaryl/α,β-unsaturated/α-hetero) is 1. The number of ketones is 1. The van der Waals surface area contributed by atoms with E-state index >= 15 is 0 Å². The van der Waals surface area contributed by atoms with E-state index in [9.17, 15) is 4.79 Å². The summed E-state index contributed by atoms with van der Waals surface area (Å²) in [5.41, 5.74) is 3.68. The number of nitrogens with zero attached hydrogens (tertiary/aromatic N) is 5. The molecule has 26 heavy (non-hydrogen) atoms. The van der Waals surface area contributed by atoms with Crippen molar-refractivity contribution in [2.24, 2.45) is 7.05 Å². The van der Waals surface area contributed by atoms with Crippen LogP contribution in [0, 0.1) is 0 Å². The summed E-state index contributed by atoms with van der Waals surface area (Å²) in [6.45, 7) is 3.74. The quantitative estimate of drug-likeness (QED) is 0.708. The predicted molar refractivity (Wildman–Crippen MR) is 101 cm³/mol. The number of aromatic nitrogens is 4. The third-order valence-electron chi connectivity index (χ3n) is 5.11. The van der Waals surface area contributed by atoms with E-state index in [2.05, 4.69) is 33.0 Å². The van der Waals surface area contributed by atoms with Gasteiger partial charge in [-0.1, -0.05) is 0 Å². The molecule has 0 N–H and O–H groups in total. The van der Waals surface area contributed by atoms with Gasteiger partial charge in [0.15, 0.2) is 5.78 Å². The summed E-state index contributed by atoms with van der Waals surface area (Å²) in [6.07, 6.45) is 10.1. The second kappa shape index (κ2) is 6.96. The fourth-order valence-corrected chi connectivity index (χ4v) is 3.61. The topological polar surface area (TPSA) is 63.9 Å². The number of hydrogen-bond donors (Lipinski definition) is 0. The average Bonchev–Trinajstić information content (AvgIpc) is 3.23. The van der Waals surface area contributed by atoms with Crippen LogP contribution in [0.25, 0.3) is 22.0 Å². The minimum absolute atomic E-state index is 0.224. The molecule has 1 aliphatic rings. The van der Waals surface area contributed by atoms with Crippen LogP contribution in [0.4, 0.5) is 0 Å². The van der Waals surface area contributed by atoms with Crippen molar-refractivity contribution in [3.63, 3.8) is 0 Å². The summed E-state index contributed by atoms with van der Waals surface area (Å²) in [5.74, 6) is 0.224. The van der Waals surface area contributed by atoms with Crippen molar-refractivity contribution in [3.05, 3.63) is 42.6 Å². The van der Waals surface area contributed by atoms with Crippen molar-refractivity contribution in [1.29, 1.82) is 0 Å². The van der Waals surface area contributed by atoms with E-state index in [1.807, 2.05) is 31.7 Å². The van der Waals surface area contributed by atoms with Gasteiger partial charge in [-0.05, 0) is 38.4 Å². The van der Waals surface area contributed by atoms with E-state index < -0.39 is 0 Å². The van der Waals surface area contributed by atoms with Gasteiger partial charge >= 0.3 is 0 Å². The number of carbonyl (C=O) groups excluding carboxylic acids is 1. The highest BCUT2D eigenvalue weighted by Gasteiger charge is 2.22. The first-order valence-electron chi connectivity index (χ1n) is 9.08. The molecule has 0 spiro atoms. The maximum Gasteiger partial charge on any atom is 0.152 e. The lowest BCUT2D eigenvalue weighted by atomic mass is 10.1. The van der Waals surface area contributed by atoms with E-state index in [4.69, 9.17) is 0 Å². The van der Waals surface area contributed by atoms with Crippen LogP contribution in [0.1, 0.15) is 25.5 Å². The Balaban J connectivity index is 1.53. The Morgan fingerprint density at radius 3 is 2.81 bits per heavy atom. The highest BCUT2D eigenvalue weighted by Crippen LogP contribution is 2.22. The molecule has 0 amide bonds. The van der Waals surface area contributed by atoms with Gasteiger partial charge in [0.25, 0.3) is 0 Å². The Morgan fingerprint density at radius 1 is 1.19 bits per heavy atom. The zero-order chi connectivity index (χ0) is 18.1. The largest absolute Gasteiger partial charge is 0.298 e. The van der Waals surface area contributed by atoms with Gasteiger partial charge in [-0.2, -0.15) is 5.10 Å². The first-order valence-corrected chi connectivity index (χ1v) is 9.08. The molecule has 1 atom stereocenters. The van der Waals surface area contributed by atoms with Crippen molar-refractivity contribution >= 4 is 16.7 Å². The molecule has 1 fully saturated rings. The molecule has 134 valence electrons. The third kappa shape index (κ3) is 3.51. The number of carbonyl (C=O) groups is 1. The number of pyridine rings is 2. The van der Waals surface area contributed by atoms with Crippen LogP contribution < -0.4 is 0 Å². The van der Waals surface area contributed by atoms with E-state index in [0.29, 0.717) is 19.0 Å². The Morgan fingerprint density at radius 2 is 2.08 bits per heavy atom. The summed E-state index contributed by atoms with van der Waals surface area (Å²) in [7, 11) is 1.90. The molecule has 1 saturated heterocycles. The molecule has 1 aliphatic heterocycles. The van der Waals surface area contributed by atoms with Crippen molar-refractivity contribution in [3.8, 4) is 11.1 Å². The van der Waals surface area contributed by atoms with Crippen LogP contribution in [0.15, 0.2) is 36.9 Å². The summed E-state index contributed by atoms with van der Waals surface area (Å²) < 4.78 is 1.77. The van der Waals surface area contributed by atoms with Gasteiger partial charge in [-0.25, -0.2) is 0 Å². The minimum atomic E-state index is 0.224. The zero-order valence-corrected chi connectivity index (χ0v) is 15.2. The van der Waals surface area contributed by atoms with Crippen molar-refractivity contribution in [2.45, 2.75) is 32.2 Å². The average molecular weight is 349 g/mol. The van der Waals surface area contributed by atoms with Crippen LogP contribution >= 0.6 is 0 Å². The lowest BCUT2D eigenvalue weighted by Gasteiger charge is -2.19. The normalized spacial score (nSPS) is 17.8. The Labute approximate surface area is 152 Å². The smallest absolute Gasteiger partial charge is 0.152 e. The Bertz CT molecular complexity index is 948. The lowest BCUT2D eigenvalue weighted by Crippen LogP contribution is -2.33. The van der Waals surface area contributed by atoms with E-state index in [-0.39, 0.29) is 5.78 Å². The molecule has 3 aromatic heterocycles. The number of fused-ring (bicyclic) bond motifs is 1. The number of hydrogen-bond acceptors (Lipinski definition) is 5. The molecule has 0 aromatic carbocycles. The van der Waals surface area contributed by atoms with Crippen LogP contribution in [0.3, 0.4) is 0 Å². The number of likely N-dealkylation sites (tertiary alicyclic amines) is 1. The summed E-state index contributed by atoms with van der Waals surface area (Å²) in [5, 5.41) is 5.21. The molecular formula is C20H23N5O. The highest BCUT2D eigenvalue weighted by atomic mass is 16.1. The monoisotopic (exact) mass is 349 g/mol.